The first kappa shape index (κ1) is 28.7. The standard InChI is InChI=1S/C29H51NO2/c1-4-5-6-7-8-9-10-11-12-13-14-15-16-17-21-27-22-18-19-23-28(27)26-30(2,3)25-20-24-29(31)32/h18-19,22-23H,4-17,20-21,24-26H2,1-3H3. The summed E-state index contributed by atoms with van der Waals surface area (Å²) in [5.74, 6) is -0.941. The third-order valence-corrected chi connectivity index (χ3v) is 6.66. The lowest BCUT2D eigenvalue weighted by molar-refractivity contribution is -0.903. The van der Waals surface area contributed by atoms with Crippen LogP contribution in [0.5, 0.6) is 0 Å². The van der Waals surface area contributed by atoms with Crippen molar-refractivity contribution in [3.8, 4) is 0 Å². The Morgan fingerprint density at radius 3 is 1.69 bits per heavy atom. The molecule has 32 heavy (non-hydrogen) atoms. The van der Waals surface area contributed by atoms with Gasteiger partial charge in [0.15, 0.2) is 0 Å². The summed E-state index contributed by atoms with van der Waals surface area (Å²) >= 11 is 0. The molecule has 0 heterocycles. The molecule has 0 saturated carbocycles. The zero-order valence-electron chi connectivity index (χ0n) is 21.5. The minimum absolute atomic E-state index is 0.155. The van der Waals surface area contributed by atoms with Crippen LogP contribution in [0.15, 0.2) is 24.3 Å². The normalized spacial score (nSPS) is 11.7. The number of unbranched alkanes of at least 4 members (excludes halogenated alkanes) is 13. The Labute approximate surface area is 199 Å². The lowest BCUT2D eigenvalue weighted by Crippen LogP contribution is -2.40. The van der Waals surface area contributed by atoms with Gasteiger partial charge in [-0.25, -0.2) is 0 Å². The van der Waals surface area contributed by atoms with Crippen molar-refractivity contribution in [1.29, 1.82) is 0 Å². The summed E-state index contributed by atoms with van der Waals surface area (Å²) < 4.78 is 0.822. The van der Waals surface area contributed by atoms with Gasteiger partial charge in [-0.1, -0.05) is 115 Å². The number of carbonyl (C=O) groups excluding carboxylic acids is 1. The molecule has 0 aliphatic heterocycles. The highest BCUT2D eigenvalue weighted by atomic mass is 16.4. The predicted octanol–water partition coefficient (Wildman–Crippen LogP) is 6.82. The number of carboxylic acid groups (broad SMARTS) is 1. The maximum atomic E-state index is 10.7. The van der Waals surface area contributed by atoms with Crippen molar-refractivity contribution in [3.63, 3.8) is 0 Å². The predicted molar refractivity (Wildman–Crippen MR) is 135 cm³/mol. The van der Waals surface area contributed by atoms with Gasteiger partial charge in [0.05, 0.1) is 20.6 Å². The highest BCUT2D eigenvalue weighted by Gasteiger charge is 2.17. The lowest BCUT2D eigenvalue weighted by atomic mass is 9.99. The fourth-order valence-corrected chi connectivity index (χ4v) is 4.66. The van der Waals surface area contributed by atoms with E-state index in [0.29, 0.717) is 6.42 Å². The molecule has 184 valence electrons. The molecule has 0 bridgehead atoms. The number of hydrogen-bond donors (Lipinski definition) is 0. The second kappa shape index (κ2) is 18.1. The third kappa shape index (κ3) is 15.5. The van der Waals surface area contributed by atoms with Gasteiger partial charge in [0.1, 0.15) is 6.54 Å². The zero-order valence-corrected chi connectivity index (χ0v) is 21.5. The van der Waals surface area contributed by atoms with Gasteiger partial charge in [0.2, 0.25) is 0 Å². The highest BCUT2D eigenvalue weighted by molar-refractivity contribution is 5.64. The second-order valence-corrected chi connectivity index (χ2v) is 10.4. The van der Waals surface area contributed by atoms with Crippen molar-refractivity contribution in [2.45, 2.75) is 123 Å². The Morgan fingerprint density at radius 1 is 0.719 bits per heavy atom. The van der Waals surface area contributed by atoms with Crippen LogP contribution in [0.2, 0.25) is 0 Å². The SMILES string of the molecule is CCCCCCCCCCCCCCCCc1ccccc1C[N+](C)(C)CCCC(=O)[O-]. The minimum Gasteiger partial charge on any atom is -0.550 e. The van der Waals surface area contributed by atoms with Crippen molar-refractivity contribution < 1.29 is 14.4 Å². The number of benzene rings is 1. The highest BCUT2D eigenvalue weighted by Crippen LogP contribution is 2.19. The number of carboxylic acids is 1. The zero-order chi connectivity index (χ0) is 23.5. The molecule has 1 rings (SSSR count). The molecule has 0 aromatic heterocycles. The number of nitrogens with zero attached hydrogens (tertiary/aromatic N) is 1. The molecule has 1 aromatic rings. The van der Waals surface area contributed by atoms with Gasteiger partial charge in [-0.15, -0.1) is 0 Å². The monoisotopic (exact) mass is 445 g/mol. The van der Waals surface area contributed by atoms with Crippen molar-refractivity contribution in [2.24, 2.45) is 0 Å². The Morgan fingerprint density at radius 2 is 1.19 bits per heavy atom. The first-order valence-corrected chi connectivity index (χ1v) is 13.5. The van der Waals surface area contributed by atoms with Crippen molar-refractivity contribution in [1.82, 2.24) is 0 Å². The fraction of sp³-hybridized carbons (Fsp3) is 0.759. The topological polar surface area (TPSA) is 40.1 Å². The fourth-order valence-electron chi connectivity index (χ4n) is 4.66. The van der Waals surface area contributed by atoms with E-state index in [2.05, 4.69) is 45.3 Å². The van der Waals surface area contributed by atoms with E-state index in [1.165, 1.54) is 101 Å². The molecule has 0 unspecified atom stereocenters. The van der Waals surface area contributed by atoms with Gasteiger partial charge in [-0.05, 0) is 24.8 Å². The molecule has 0 N–H and O–H groups in total. The van der Waals surface area contributed by atoms with Gasteiger partial charge in [-0.3, -0.25) is 0 Å². The van der Waals surface area contributed by atoms with E-state index in [4.69, 9.17) is 0 Å². The number of rotatable bonds is 21. The Kier molecular flexibility index (Phi) is 16.2. The molecule has 0 aliphatic carbocycles. The first-order chi connectivity index (χ1) is 15.4. The molecule has 0 spiro atoms. The van der Waals surface area contributed by atoms with E-state index in [1.807, 2.05) is 0 Å². The average Bonchev–Trinajstić information content (AvgIpc) is 2.74. The van der Waals surface area contributed by atoms with Crippen molar-refractivity contribution in [3.05, 3.63) is 35.4 Å². The average molecular weight is 446 g/mol. The van der Waals surface area contributed by atoms with Gasteiger partial charge in [-0.2, -0.15) is 0 Å². The summed E-state index contributed by atoms with van der Waals surface area (Å²) in [5.41, 5.74) is 2.89. The molecule has 1 aromatic carbocycles. The first-order valence-electron chi connectivity index (χ1n) is 13.5. The van der Waals surface area contributed by atoms with Crippen LogP contribution in [-0.4, -0.2) is 31.1 Å². The molecule has 3 nitrogen and oxygen atoms in total. The number of hydrogen-bond acceptors (Lipinski definition) is 2. The third-order valence-electron chi connectivity index (χ3n) is 6.66. The summed E-state index contributed by atoms with van der Waals surface area (Å²) in [7, 11) is 4.39. The van der Waals surface area contributed by atoms with Crippen molar-refractivity contribution >= 4 is 5.97 Å². The van der Waals surface area contributed by atoms with Crippen LogP contribution in [0.3, 0.4) is 0 Å². The van der Waals surface area contributed by atoms with E-state index in [9.17, 15) is 9.90 Å². The maximum Gasteiger partial charge on any atom is 0.104 e. The van der Waals surface area contributed by atoms with E-state index in [-0.39, 0.29) is 6.42 Å². The van der Waals surface area contributed by atoms with E-state index in [1.54, 1.807) is 0 Å². The molecule has 0 radical (unpaired) electrons. The number of quaternary nitrogens is 1. The van der Waals surface area contributed by atoms with E-state index < -0.39 is 5.97 Å². The van der Waals surface area contributed by atoms with Crippen molar-refractivity contribution in [2.75, 3.05) is 20.6 Å². The number of aryl methyl sites for hydroxylation is 1. The summed E-state index contributed by atoms with van der Waals surface area (Å²) in [4.78, 5) is 10.7. The number of carbonyl (C=O) groups is 1. The number of aliphatic carboxylic acids is 1. The summed E-state index contributed by atoms with van der Waals surface area (Å²) in [6.07, 6.45) is 21.5. The lowest BCUT2D eigenvalue weighted by Gasteiger charge is -2.31. The van der Waals surface area contributed by atoms with Gasteiger partial charge >= 0.3 is 0 Å². The van der Waals surface area contributed by atoms with Crippen LogP contribution in [-0.2, 0) is 17.8 Å². The molecule has 3 heteroatoms. The Bertz CT molecular complexity index is 597. The largest absolute Gasteiger partial charge is 0.550 e. The molecule has 0 aliphatic rings. The maximum absolute atomic E-state index is 10.7. The van der Waals surface area contributed by atoms with Crippen LogP contribution in [0.4, 0.5) is 0 Å². The molecule has 0 amide bonds. The van der Waals surface area contributed by atoms with Crippen LogP contribution >= 0.6 is 0 Å². The second-order valence-electron chi connectivity index (χ2n) is 10.4. The molecule has 0 atom stereocenters. The smallest absolute Gasteiger partial charge is 0.104 e. The summed E-state index contributed by atoms with van der Waals surface area (Å²) in [5, 5.41) is 10.7. The quantitative estimate of drug-likeness (QED) is 0.154. The Hall–Kier alpha value is -1.35. The van der Waals surface area contributed by atoms with Crippen LogP contribution in [0.1, 0.15) is 121 Å². The minimum atomic E-state index is -0.941. The van der Waals surface area contributed by atoms with Crippen LogP contribution in [0.25, 0.3) is 0 Å². The van der Waals surface area contributed by atoms with Gasteiger partial charge < -0.3 is 14.4 Å². The van der Waals surface area contributed by atoms with E-state index in [0.717, 1.165) is 24.0 Å². The van der Waals surface area contributed by atoms with E-state index >= 15 is 0 Å². The molecule has 0 fully saturated rings. The van der Waals surface area contributed by atoms with Gasteiger partial charge in [0, 0.05) is 18.0 Å². The molecular formula is C29H51NO2. The van der Waals surface area contributed by atoms with Crippen LogP contribution < -0.4 is 5.11 Å². The Balaban J connectivity index is 2.13. The van der Waals surface area contributed by atoms with Gasteiger partial charge in [0.25, 0.3) is 0 Å². The summed E-state index contributed by atoms with van der Waals surface area (Å²) in [6, 6.07) is 8.81. The molecular weight excluding hydrogens is 394 g/mol. The summed E-state index contributed by atoms with van der Waals surface area (Å²) in [6.45, 7) is 4.11. The molecule has 0 saturated heterocycles. The van der Waals surface area contributed by atoms with Crippen LogP contribution in [0, 0.1) is 0 Å².